The molecule has 106 valence electrons. The first-order valence-electron chi connectivity index (χ1n) is 6.18. The Hall–Kier alpha value is -1.40. The monoisotopic (exact) mass is 353 g/mol. The zero-order valence-electron chi connectivity index (χ0n) is 11.5. The van der Waals surface area contributed by atoms with Gasteiger partial charge in [0.05, 0.1) is 11.7 Å². The molecule has 1 atom stereocenters. The summed E-state index contributed by atoms with van der Waals surface area (Å²) in [6, 6.07) is 5.82. The van der Waals surface area contributed by atoms with E-state index in [9.17, 15) is 0 Å². The second-order valence-electron chi connectivity index (χ2n) is 4.66. The fraction of sp³-hybridized carbons (Fsp3) is 0.286. The van der Waals surface area contributed by atoms with Gasteiger partial charge in [0.1, 0.15) is 10.7 Å². The minimum Gasteiger partial charge on any atom is -0.389 e. The first-order valence-corrected chi connectivity index (χ1v) is 7.39. The molecule has 4 nitrogen and oxygen atoms in total. The van der Waals surface area contributed by atoms with Crippen LogP contribution in [0.1, 0.15) is 35.5 Å². The molecule has 0 saturated heterocycles. The molecule has 0 spiro atoms. The van der Waals surface area contributed by atoms with Crippen molar-refractivity contribution >= 4 is 38.8 Å². The molecule has 3 N–H and O–H groups in total. The first-order chi connectivity index (χ1) is 9.40. The number of hydrogen-bond donors (Lipinski definition) is 2. The van der Waals surface area contributed by atoms with E-state index in [2.05, 4.69) is 33.3 Å². The van der Waals surface area contributed by atoms with Crippen molar-refractivity contribution in [1.82, 2.24) is 5.16 Å². The predicted octanol–water partition coefficient (Wildman–Crippen LogP) is 3.86. The van der Waals surface area contributed by atoms with Gasteiger partial charge in [0.2, 0.25) is 0 Å². The Morgan fingerprint density at radius 1 is 1.45 bits per heavy atom. The van der Waals surface area contributed by atoms with Gasteiger partial charge in [0.15, 0.2) is 0 Å². The molecule has 0 saturated carbocycles. The lowest BCUT2D eigenvalue weighted by Gasteiger charge is -2.18. The summed E-state index contributed by atoms with van der Waals surface area (Å²) in [6.07, 6.45) is 0. The fourth-order valence-corrected chi connectivity index (χ4v) is 2.80. The summed E-state index contributed by atoms with van der Waals surface area (Å²) >= 11 is 8.55. The Balaban J connectivity index is 2.35. The van der Waals surface area contributed by atoms with Crippen molar-refractivity contribution in [1.29, 1.82) is 0 Å². The number of nitrogens with two attached hydrogens (primary N) is 1. The van der Waals surface area contributed by atoms with Crippen LogP contribution in [0.3, 0.4) is 0 Å². The van der Waals surface area contributed by atoms with Crippen molar-refractivity contribution in [2.45, 2.75) is 26.8 Å². The summed E-state index contributed by atoms with van der Waals surface area (Å²) < 4.78 is 6.17. The van der Waals surface area contributed by atoms with E-state index >= 15 is 0 Å². The van der Waals surface area contributed by atoms with Crippen LogP contribution in [0.5, 0.6) is 0 Å². The lowest BCUT2D eigenvalue weighted by molar-refractivity contribution is 0.392. The molecule has 0 amide bonds. The van der Waals surface area contributed by atoms with Crippen molar-refractivity contribution in [2.75, 3.05) is 5.32 Å². The highest BCUT2D eigenvalue weighted by atomic mass is 79.9. The van der Waals surface area contributed by atoms with Crippen molar-refractivity contribution in [2.24, 2.45) is 5.73 Å². The van der Waals surface area contributed by atoms with E-state index in [0.717, 1.165) is 32.7 Å². The molecule has 0 aliphatic rings. The van der Waals surface area contributed by atoms with Crippen molar-refractivity contribution in [3.63, 3.8) is 0 Å². The molecular formula is C14H16BrN3OS. The highest BCUT2D eigenvalue weighted by molar-refractivity contribution is 9.10. The Morgan fingerprint density at radius 2 is 2.15 bits per heavy atom. The molecule has 0 bridgehead atoms. The molecule has 1 aromatic carbocycles. The number of aromatic nitrogens is 1. The molecule has 6 heteroatoms. The number of hydrogen-bond acceptors (Lipinski definition) is 4. The van der Waals surface area contributed by atoms with E-state index in [1.165, 1.54) is 0 Å². The van der Waals surface area contributed by atoms with Gasteiger partial charge in [-0.2, -0.15) is 0 Å². The zero-order valence-corrected chi connectivity index (χ0v) is 13.9. The van der Waals surface area contributed by atoms with Gasteiger partial charge in [-0.15, -0.1) is 0 Å². The molecule has 0 aliphatic heterocycles. The van der Waals surface area contributed by atoms with Gasteiger partial charge in [-0.25, -0.2) is 0 Å². The molecule has 0 aliphatic carbocycles. The smallest absolute Gasteiger partial charge is 0.139 e. The normalized spacial score (nSPS) is 12.2. The molecule has 1 aromatic heterocycles. The number of anilines is 1. The van der Waals surface area contributed by atoms with Crippen LogP contribution in [0.4, 0.5) is 5.69 Å². The minimum absolute atomic E-state index is 0.0450. The molecule has 20 heavy (non-hydrogen) atoms. The second kappa shape index (κ2) is 5.93. The molecular weight excluding hydrogens is 338 g/mol. The van der Waals surface area contributed by atoms with Crippen LogP contribution in [-0.4, -0.2) is 10.1 Å². The standard InChI is InChI=1S/C14H16BrN3OS/c1-7(13-8(2)18-19-9(13)3)17-12-6-10(15)4-5-11(12)14(16)20/h4-7,17H,1-3H3,(H2,16,20). The Labute approximate surface area is 131 Å². The zero-order chi connectivity index (χ0) is 14.9. The molecule has 1 heterocycles. The van der Waals surface area contributed by atoms with E-state index in [4.69, 9.17) is 22.5 Å². The Kier molecular flexibility index (Phi) is 4.45. The van der Waals surface area contributed by atoms with E-state index in [1.807, 2.05) is 32.0 Å². The molecule has 0 radical (unpaired) electrons. The van der Waals surface area contributed by atoms with Crippen LogP contribution in [0, 0.1) is 13.8 Å². The topological polar surface area (TPSA) is 64.1 Å². The third kappa shape index (κ3) is 3.02. The lowest BCUT2D eigenvalue weighted by Crippen LogP contribution is -2.15. The predicted molar refractivity (Wildman–Crippen MR) is 88.0 cm³/mol. The summed E-state index contributed by atoms with van der Waals surface area (Å²) in [5, 5.41) is 7.40. The number of aryl methyl sites for hydroxylation is 2. The Bertz CT molecular complexity index is 634. The molecule has 0 fully saturated rings. The average molecular weight is 354 g/mol. The highest BCUT2D eigenvalue weighted by Gasteiger charge is 2.17. The van der Waals surface area contributed by atoms with Crippen molar-refractivity contribution in [3.05, 3.63) is 45.3 Å². The van der Waals surface area contributed by atoms with Crippen LogP contribution in [0.25, 0.3) is 0 Å². The van der Waals surface area contributed by atoms with Gasteiger partial charge < -0.3 is 15.6 Å². The van der Waals surface area contributed by atoms with E-state index < -0.39 is 0 Å². The summed E-state index contributed by atoms with van der Waals surface area (Å²) in [7, 11) is 0. The number of halogens is 1. The molecule has 1 unspecified atom stereocenters. The minimum atomic E-state index is 0.0450. The first kappa shape index (κ1) is 15.0. The van der Waals surface area contributed by atoms with Crippen LogP contribution < -0.4 is 11.1 Å². The second-order valence-corrected chi connectivity index (χ2v) is 6.01. The summed E-state index contributed by atoms with van der Waals surface area (Å²) in [4.78, 5) is 0.367. The third-order valence-corrected chi connectivity index (χ3v) is 3.85. The van der Waals surface area contributed by atoms with Gasteiger partial charge in [0.25, 0.3) is 0 Å². The summed E-state index contributed by atoms with van der Waals surface area (Å²) in [5.74, 6) is 0.814. The van der Waals surface area contributed by atoms with Gasteiger partial charge in [-0.1, -0.05) is 33.3 Å². The number of rotatable bonds is 4. The number of benzene rings is 1. The maximum Gasteiger partial charge on any atom is 0.139 e. The van der Waals surface area contributed by atoms with Crippen LogP contribution in [-0.2, 0) is 0 Å². The van der Waals surface area contributed by atoms with E-state index in [-0.39, 0.29) is 6.04 Å². The quantitative estimate of drug-likeness (QED) is 0.817. The lowest BCUT2D eigenvalue weighted by atomic mass is 10.1. The number of nitrogens with one attached hydrogen (secondary N) is 1. The van der Waals surface area contributed by atoms with E-state index in [0.29, 0.717) is 4.99 Å². The largest absolute Gasteiger partial charge is 0.389 e. The maximum atomic E-state index is 5.76. The maximum absolute atomic E-state index is 5.76. The summed E-state index contributed by atoms with van der Waals surface area (Å²) in [5.41, 5.74) is 9.41. The molecule has 2 aromatic rings. The van der Waals surface area contributed by atoms with Crippen LogP contribution >= 0.6 is 28.1 Å². The van der Waals surface area contributed by atoms with Crippen LogP contribution in [0.15, 0.2) is 27.2 Å². The fourth-order valence-electron chi connectivity index (χ4n) is 2.26. The van der Waals surface area contributed by atoms with Gasteiger partial charge >= 0.3 is 0 Å². The van der Waals surface area contributed by atoms with Crippen molar-refractivity contribution < 1.29 is 4.52 Å². The third-order valence-electron chi connectivity index (χ3n) is 3.14. The molecule has 2 rings (SSSR count). The Morgan fingerprint density at radius 3 is 2.70 bits per heavy atom. The summed E-state index contributed by atoms with van der Waals surface area (Å²) in [6.45, 7) is 5.89. The van der Waals surface area contributed by atoms with Crippen LogP contribution in [0.2, 0.25) is 0 Å². The number of thiocarbonyl (C=S) groups is 1. The number of nitrogens with zero attached hydrogens (tertiary/aromatic N) is 1. The van der Waals surface area contributed by atoms with Gasteiger partial charge in [-0.3, -0.25) is 0 Å². The van der Waals surface area contributed by atoms with E-state index in [1.54, 1.807) is 0 Å². The highest BCUT2D eigenvalue weighted by Crippen LogP contribution is 2.28. The SMILES string of the molecule is Cc1noc(C)c1C(C)Nc1cc(Br)ccc1C(N)=S. The average Bonchev–Trinajstić information content (AvgIpc) is 2.68. The van der Waals surface area contributed by atoms with Gasteiger partial charge in [0, 0.05) is 21.3 Å². The van der Waals surface area contributed by atoms with Gasteiger partial charge in [-0.05, 0) is 39.0 Å². The van der Waals surface area contributed by atoms with Crippen molar-refractivity contribution in [3.8, 4) is 0 Å².